The fraction of sp³-hybridized carbons (Fsp3) is 0.312. The van der Waals surface area contributed by atoms with Gasteiger partial charge in [-0.1, -0.05) is 0 Å². The van der Waals surface area contributed by atoms with Crippen LogP contribution in [0.5, 0.6) is 11.5 Å². The predicted octanol–water partition coefficient (Wildman–Crippen LogP) is 2.63. The Morgan fingerprint density at radius 2 is 2.24 bits per heavy atom. The molecule has 21 heavy (non-hydrogen) atoms. The first-order valence-corrected chi connectivity index (χ1v) is 6.75. The van der Waals surface area contributed by atoms with E-state index < -0.39 is 11.9 Å². The normalized spacial score (nSPS) is 18.0. The van der Waals surface area contributed by atoms with E-state index >= 15 is 0 Å². The van der Waals surface area contributed by atoms with Crippen molar-refractivity contribution in [3.8, 4) is 11.5 Å². The SMILES string of the molecule is COc1cc2c(cc1C(O)c1ccncc1F)OC(C)C2. The predicted molar refractivity (Wildman–Crippen MR) is 75.0 cm³/mol. The van der Waals surface area contributed by atoms with Crippen molar-refractivity contribution < 1.29 is 19.0 Å². The molecule has 2 atom stereocenters. The molecule has 0 saturated carbocycles. The highest BCUT2D eigenvalue weighted by molar-refractivity contribution is 5.51. The monoisotopic (exact) mass is 289 g/mol. The Hall–Kier alpha value is -2.14. The van der Waals surface area contributed by atoms with E-state index in [1.165, 1.54) is 19.4 Å². The number of aliphatic hydroxyl groups is 1. The Balaban J connectivity index is 2.06. The molecule has 3 rings (SSSR count). The van der Waals surface area contributed by atoms with E-state index in [1.54, 1.807) is 6.07 Å². The largest absolute Gasteiger partial charge is 0.496 e. The second-order valence-electron chi connectivity index (χ2n) is 5.13. The summed E-state index contributed by atoms with van der Waals surface area (Å²) in [4.78, 5) is 3.69. The van der Waals surface area contributed by atoms with Crippen molar-refractivity contribution in [2.45, 2.75) is 25.6 Å². The quantitative estimate of drug-likeness (QED) is 0.943. The van der Waals surface area contributed by atoms with Crippen molar-refractivity contribution in [2.24, 2.45) is 0 Å². The molecule has 0 radical (unpaired) electrons. The van der Waals surface area contributed by atoms with Gasteiger partial charge < -0.3 is 14.6 Å². The number of fused-ring (bicyclic) bond motifs is 1. The molecule has 0 spiro atoms. The zero-order valence-corrected chi connectivity index (χ0v) is 11.8. The molecule has 1 aromatic carbocycles. The first-order valence-electron chi connectivity index (χ1n) is 6.75. The van der Waals surface area contributed by atoms with Gasteiger partial charge in [0.2, 0.25) is 0 Å². The van der Waals surface area contributed by atoms with Gasteiger partial charge in [0.1, 0.15) is 29.5 Å². The van der Waals surface area contributed by atoms with Crippen LogP contribution in [0.2, 0.25) is 0 Å². The second kappa shape index (κ2) is 5.33. The minimum Gasteiger partial charge on any atom is -0.496 e. The van der Waals surface area contributed by atoms with Crippen molar-refractivity contribution in [3.63, 3.8) is 0 Å². The summed E-state index contributed by atoms with van der Waals surface area (Å²) in [5.41, 5.74) is 1.68. The van der Waals surface area contributed by atoms with E-state index in [0.29, 0.717) is 17.1 Å². The number of benzene rings is 1. The van der Waals surface area contributed by atoms with Crippen molar-refractivity contribution in [3.05, 3.63) is 53.1 Å². The van der Waals surface area contributed by atoms with Crippen molar-refractivity contribution in [1.82, 2.24) is 4.98 Å². The first kappa shape index (κ1) is 13.8. The lowest BCUT2D eigenvalue weighted by Crippen LogP contribution is -2.06. The van der Waals surface area contributed by atoms with Crippen LogP contribution in [-0.4, -0.2) is 23.3 Å². The van der Waals surface area contributed by atoms with Crippen LogP contribution >= 0.6 is 0 Å². The van der Waals surface area contributed by atoms with E-state index in [0.717, 1.165) is 18.2 Å². The minimum absolute atomic E-state index is 0.0924. The number of hydrogen-bond acceptors (Lipinski definition) is 4. The highest BCUT2D eigenvalue weighted by atomic mass is 19.1. The Bertz CT molecular complexity index is 675. The molecule has 1 aromatic heterocycles. The zero-order chi connectivity index (χ0) is 15.0. The molecule has 4 nitrogen and oxygen atoms in total. The van der Waals surface area contributed by atoms with Crippen LogP contribution < -0.4 is 9.47 Å². The highest BCUT2D eigenvalue weighted by Gasteiger charge is 2.25. The molecule has 110 valence electrons. The van der Waals surface area contributed by atoms with Crippen LogP contribution in [0.15, 0.2) is 30.6 Å². The van der Waals surface area contributed by atoms with Crippen LogP contribution in [0.4, 0.5) is 4.39 Å². The standard InChI is InChI=1S/C16H16FNO3/c1-9-5-10-6-15(20-2)12(7-14(10)21-9)16(19)11-3-4-18-8-13(11)17/h3-4,6-9,16,19H,5H2,1-2H3. The van der Waals surface area contributed by atoms with E-state index in [2.05, 4.69) is 4.98 Å². The summed E-state index contributed by atoms with van der Waals surface area (Å²) in [6.07, 6.45) is 2.28. The molecule has 0 saturated heterocycles. The summed E-state index contributed by atoms with van der Waals surface area (Å²) >= 11 is 0. The number of pyridine rings is 1. The Morgan fingerprint density at radius 3 is 2.95 bits per heavy atom. The summed E-state index contributed by atoms with van der Waals surface area (Å²) in [6.45, 7) is 1.98. The van der Waals surface area contributed by atoms with Gasteiger partial charge in [0.15, 0.2) is 0 Å². The zero-order valence-electron chi connectivity index (χ0n) is 11.8. The number of aromatic nitrogens is 1. The topological polar surface area (TPSA) is 51.6 Å². The molecule has 0 aliphatic carbocycles. The molecule has 0 bridgehead atoms. The molecule has 2 aromatic rings. The number of halogens is 1. The lowest BCUT2D eigenvalue weighted by molar-refractivity contribution is 0.208. The summed E-state index contributed by atoms with van der Waals surface area (Å²) in [7, 11) is 1.53. The summed E-state index contributed by atoms with van der Waals surface area (Å²) < 4.78 is 24.8. The highest BCUT2D eigenvalue weighted by Crippen LogP contribution is 2.39. The molecule has 2 heterocycles. The van der Waals surface area contributed by atoms with Gasteiger partial charge >= 0.3 is 0 Å². The molecule has 0 amide bonds. The average Bonchev–Trinajstić information content (AvgIpc) is 2.84. The van der Waals surface area contributed by atoms with Gasteiger partial charge in [0.05, 0.1) is 13.3 Å². The van der Waals surface area contributed by atoms with Gasteiger partial charge in [0, 0.05) is 29.3 Å². The molecule has 2 unspecified atom stereocenters. The molecule has 1 N–H and O–H groups in total. The summed E-state index contributed by atoms with van der Waals surface area (Å²) in [5.74, 6) is 0.684. The van der Waals surface area contributed by atoms with Gasteiger partial charge in [0.25, 0.3) is 0 Å². The summed E-state index contributed by atoms with van der Waals surface area (Å²) in [6, 6.07) is 5.02. The number of methoxy groups -OCH3 is 1. The van der Waals surface area contributed by atoms with Gasteiger partial charge in [-0.05, 0) is 25.1 Å². The minimum atomic E-state index is -1.13. The molecular weight excluding hydrogens is 273 g/mol. The van der Waals surface area contributed by atoms with Crippen LogP contribution in [0.25, 0.3) is 0 Å². The number of rotatable bonds is 3. The Labute approximate surface area is 122 Å². The third kappa shape index (κ3) is 2.45. The molecular formula is C16H16FNO3. The third-order valence-electron chi connectivity index (χ3n) is 3.64. The lowest BCUT2D eigenvalue weighted by Gasteiger charge is -2.17. The van der Waals surface area contributed by atoms with E-state index in [-0.39, 0.29) is 11.7 Å². The molecule has 1 aliphatic heterocycles. The van der Waals surface area contributed by atoms with Crippen LogP contribution in [0.1, 0.15) is 29.7 Å². The lowest BCUT2D eigenvalue weighted by atomic mass is 9.98. The number of hydrogen-bond donors (Lipinski definition) is 1. The third-order valence-corrected chi connectivity index (χ3v) is 3.64. The van der Waals surface area contributed by atoms with E-state index in [4.69, 9.17) is 9.47 Å². The van der Waals surface area contributed by atoms with Gasteiger partial charge in [-0.3, -0.25) is 4.98 Å². The first-order chi connectivity index (χ1) is 10.1. The maximum Gasteiger partial charge on any atom is 0.147 e. The van der Waals surface area contributed by atoms with E-state index in [9.17, 15) is 9.50 Å². The fourth-order valence-electron chi connectivity index (χ4n) is 2.62. The van der Waals surface area contributed by atoms with E-state index in [1.807, 2.05) is 13.0 Å². The Morgan fingerprint density at radius 1 is 1.43 bits per heavy atom. The number of nitrogens with zero attached hydrogens (tertiary/aromatic N) is 1. The Kier molecular flexibility index (Phi) is 3.51. The summed E-state index contributed by atoms with van der Waals surface area (Å²) in [5, 5.41) is 10.5. The van der Waals surface area contributed by atoms with Crippen molar-refractivity contribution in [1.29, 1.82) is 0 Å². The molecule has 0 fully saturated rings. The van der Waals surface area contributed by atoms with Gasteiger partial charge in [-0.25, -0.2) is 4.39 Å². The van der Waals surface area contributed by atoms with Crippen molar-refractivity contribution >= 4 is 0 Å². The number of ether oxygens (including phenoxy) is 2. The van der Waals surface area contributed by atoms with Gasteiger partial charge in [-0.15, -0.1) is 0 Å². The van der Waals surface area contributed by atoms with Crippen LogP contribution in [0, 0.1) is 5.82 Å². The maximum absolute atomic E-state index is 13.8. The molecule has 1 aliphatic rings. The average molecular weight is 289 g/mol. The van der Waals surface area contributed by atoms with Crippen LogP contribution in [-0.2, 0) is 6.42 Å². The number of aliphatic hydroxyl groups excluding tert-OH is 1. The molecule has 5 heteroatoms. The smallest absolute Gasteiger partial charge is 0.147 e. The maximum atomic E-state index is 13.8. The van der Waals surface area contributed by atoms with Gasteiger partial charge in [-0.2, -0.15) is 0 Å². The van der Waals surface area contributed by atoms with Crippen molar-refractivity contribution in [2.75, 3.05) is 7.11 Å². The van der Waals surface area contributed by atoms with Crippen LogP contribution in [0.3, 0.4) is 0 Å². The second-order valence-corrected chi connectivity index (χ2v) is 5.13. The fourth-order valence-corrected chi connectivity index (χ4v) is 2.62.